The average Bonchev–Trinajstić information content (AvgIpc) is 2.66. The molecule has 0 aromatic rings. The van der Waals surface area contributed by atoms with E-state index in [-0.39, 0.29) is 32.0 Å². The third-order valence-electron chi connectivity index (χ3n) is 4.53. The molecule has 0 unspecified atom stereocenters. The summed E-state index contributed by atoms with van der Waals surface area (Å²) in [5.74, 6) is -0.774. The van der Waals surface area contributed by atoms with Gasteiger partial charge in [0, 0.05) is 0 Å². The fourth-order valence-corrected chi connectivity index (χ4v) is 2.36. The van der Waals surface area contributed by atoms with Crippen LogP contribution in [0.3, 0.4) is 0 Å². The summed E-state index contributed by atoms with van der Waals surface area (Å²) in [6, 6.07) is 0. The molecule has 0 saturated carbocycles. The lowest BCUT2D eigenvalue weighted by molar-refractivity contribution is -0.150. The Hall–Kier alpha value is -1.34. The number of esters is 2. The smallest absolute Gasteiger partial charge is 0.465 e. The first-order valence-electron chi connectivity index (χ1n) is 8.07. The number of ether oxygens (including phenoxy) is 2. The molecule has 0 radical (unpaired) electrons. The van der Waals surface area contributed by atoms with Gasteiger partial charge in [-0.15, -0.1) is 0 Å². The highest BCUT2D eigenvalue weighted by molar-refractivity contribution is 6.54. The second-order valence-electron chi connectivity index (χ2n) is 6.85. The minimum Gasteiger partial charge on any atom is -0.465 e. The number of rotatable bonds is 1. The summed E-state index contributed by atoms with van der Waals surface area (Å²) in [6.45, 7) is 8.51. The van der Waals surface area contributed by atoms with Gasteiger partial charge in [-0.05, 0) is 46.0 Å². The summed E-state index contributed by atoms with van der Waals surface area (Å²) < 4.78 is 22.3. The Labute approximate surface area is 137 Å². The second kappa shape index (κ2) is 7.05. The lowest BCUT2D eigenvalue weighted by Gasteiger charge is -2.32. The van der Waals surface area contributed by atoms with E-state index in [9.17, 15) is 9.59 Å². The van der Waals surface area contributed by atoms with Crippen LogP contribution < -0.4 is 0 Å². The van der Waals surface area contributed by atoms with Crippen LogP contribution in [0.5, 0.6) is 0 Å². The van der Waals surface area contributed by atoms with Crippen molar-refractivity contribution in [2.45, 2.75) is 64.6 Å². The largest absolute Gasteiger partial charge is 0.490 e. The third-order valence-corrected chi connectivity index (χ3v) is 4.53. The predicted molar refractivity (Wildman–Crippen MR) is 84.6 cm³/mol. The van der Waals surface area contributed by atoms with E-state index in [1.54, 1.807) is 0 Å². The van der Waals surface area contributed by atoms with Crippen LogP contribution in [-0.2, 0) is 28.4 Å². The van der Waals surface area contributed by atoms with Crippen molar-refractivity contribution in [1.82, 2.24) is 0 Å². The van der Waals surface area contributed by atoms with Crippen LogP contribution in [0, 0.1) is 0 Å². The number of carbonyl (C=O) groups is 2. The molecule has 2 aliphatic rings. The number of hydrogen-bond acceptors (Lipinski definition) is 6. The van der Waals surface area contributed by atoms with Crippen LogP contribution in [0.4, 0.5) is 0 Å². The van der Waals surface area contributed by atoms with Crippen molar-refractivity contribution < 1.29 is 28.4 Å². The van der Waals surface area contributed by atoms with Crippen molar-refractivity contribution in [2.24, 2.45) is 0 Å². The highest BCUT2D eigenvalue weighted by Gasteiger charge is 2.52. The highest BCUT2D eigenvalue weighted by Crippen LogP contribution is 2.39. The zero-order valence-corrected chi connectivity index (χ0v) is 14.3. The molecule has 0 amide bonds. The van der Waals surface area contributed by atoms with Crippen molar-refractivity contribution >= 4 is 19.1 Å². The van der Waals surface area contributed by atoms with E-state index in [4.69, 9.17) is 18.8 Å². The maximum Gasteiger partial charge on any atom is 0.490 e. The molecule has 6 nitrogen and oxygen atoms in total. The maximum atomic E-state index is 11.6. The Bertz CT molecular complexity index is 481. The van der Waals surface area contributed by atoms with E-state index in [0.29, 0.717) is 12.8 Å². The van der Waals surface area contributed by atoms with Gasteiger partial charge in [0.1, 0.15) is 0 Å². The van der Waals surface area contributed by atoms with E-state index in [0.717, 1.165) is 5.47 Å². The topological polar surface area (TPSA) is 71.1 Å². The Balaban J connectivity index is 2.07. The van der Waals surface area contributed by atoms with E-state index in [1.165, 1.54) is 0 Å². The lowest BCUT2D eigenvalue weighted by Crippen LogP contribution is -2.41. The van der Waals surface area contributed by atoms with E-state index in [1.807, 2.05) is 33.8 Å². The predicted octanol–water partition coefficient (Wildman–Crippen LogP) is 2.20. The van der Waals surface area contributed by atoms with E-state index >= 15 is 0 Å². The molecule has 1 fully saturated rings. The first-order chi connectivity index (χ1) is 10.7. The Kier molecular flexibility index (Phi) is 5.52. The van der Waals surface area contributed by atoms with Crippen molar-refractivity contribution in [3.05, 3.63) is 11.5 Å². The van der Waals surface area contributed by atoms with Crippen LogP contribution in [-0.4, -0.2) is 43.5 Å². The Morgan fingerprint density at radius 3 is 1.96 bits per heavy atom. The normalized spacial score (nSPS) is 25.7. The minimum atomic E-state index is -0.475. The molecular weight excluding hydrogens is 299 g/mol. The Morgan fingerprint density at radius 2 is 1.39 bits per heavy atom. The van der Waals surface area contributed by atoms with Crippen LogP contribution in [0.15, 0.2) is 11.5 Å². The summed E-state index contributed by atoms with van der Waals surface area (Å²) in [5, 5.41) is 0. The number of carbonyl (C=O) groups excluding carboxylic acids is 2. The van der Waals surface area contributed by atoms with Crippen molar-refractivity contribution in [2.75, 3.05) is 13.2 Å². The molecule has 2 aliphatic heterocycles. The quantitative estimate of drug-likeness (QED) is 0.544. The molecule has 0 aliphatic carbocycles. The first kappa shape index (κ1) is 18.0. The fourth-order valence-electron chi connectivity index (χ4n) is 2.36. The van der Waals surface area contributed by atoms with Crippen LogP contribution in [0.25, 0.3) is 0 Å². The number of cyclic esters (lactones) is 2. The molecule has 7 heteroatoms. The van der Waals surface area contributed by atoms with E-state index in [2.05, 4.69) is 0 Å². The van der Waals surface area contributed by atoms with Gasteiger partial charge in [0.05, 0.1) is 37.3 Å². The molecule has 0 spiro atoms. The van der Waals surface area contributed by atoms with Gasteiger partial charge in [-0.1, -0.05) is 6.08 Å². The minimum absolute atomic E-state index is 0.0500. The van der Waals surface area contributed by atoms with Crippen LogP contribution >= 0.6 is 0 Å². The molecule has 0 aromatic carbocycles. The number of hydrogen-bond donors (Lipinski definition) is 0. The van der Waals surface area contributed by atoms with Gasteiger partial charge in [-0.2, -0.15) is 0 Å². The Morgan fingerprint density at radius 1 is 0.870 bits per heavy atom. The molecule has 2 rings (SSSR count). The van der Waals surface area contributed by atoms with Gasteiger partial charge in [-0.25, -0.2) is 0 Å². The van der Waals surface area contributed by atoms with Gasteiger partial charge in [-0.3, -0.25) is 9.59 Å². The summed E-state index contributed by atoms with van der Waals surface area (Å²) in [6.07, 6.45) is 3.18. The van der Waals surface area contributed by atoms with Crippen LogP contribution in [0.1, 0.15) is 53.4 Å². The fraction of sp³-hybridized carbons (Fsp3) is 0.750. The van der Waals surface area contributed by atoms with Crippen molar-refractivity contribution in [1.29, 1.82) is 0 Å². The van der Waals surface area contributed by atoms with Crippen LogP contribution in [0.2, 0.25) is 0 Å². The van der Waals surface area contributed by atoms with Crippen molar-refractivity contribution in [3.63, 3.8) is 0 Å². The summed E-state index contributed by atoms with van der Waals surface area (Å²) in [7, 11) is -0.475. The van der Waals surface area contributed by atoms with E-state index < -0.39 is 24.3 Å². The van der Waals surface area contributed by atoms with Gasteiger partial charge in [0.2, 0.25) is 0 Å². The molecule has 0 aromatic heterocycles. The monoisotopic (exact) mass is 324 g/mol. The van der Waals surface area contributed by atoms with Gasteiger partial charge in [0.15, 0.2) is 0 Å². The third kappa shape index (κ3) is 4.58. The zero-order valence-electron chi connectivity index (χ0n) is 14.3. The zero-order chi connectivity index (χ0) is 17.1. The first-order valence-corrected chi connectivity index (χ1v) is 8.07. The van der Waals surface area contributed by atoms with Gasteiger partial charge in [0.25, 0.3) is 0 Å². The molecule has 1 saturated heterocycles. The highest BCUT2D eigenvalue weighted by atomic mass is 16.7. The molecule has 128 valence electrons. The molecule has 0 N–H and O–H groups in total. The molecule has 0 bridgehead atoms. The second-order valence-corrected chi connectivity index (χ2v) is 6.85. The standard InChI is InChI=1S/C16H25BO6/c1-15(2)16(3,4)23-17(22-15)12-6-5-10-20-13(18)7-8-14(19)21-11-9-12/h6H,5,7-11H2,1-4H3. The summed E-state index contributed by atoms with van der Waals surface area (Å²) in [4.78, 5) is 23.0. The molecule has 0 atom stereocenters. The average molecular weight is 324 g/mol. The molecule has 23 heavy (non-hydrogen) atoms. The maximum absolute atomic E-state index is 11.6. The summed E-state index contributed by atoms with van der Waals surface area (Å²) in [5.41, 5.74) is 0.0597. The molecule has 2 heterocycles. The van der Waals surface area contributed by atoms with Gasteiger partial charge < -0.3 is 18.8 Å². The van der Waals surface area contributed by atoms with Crippen molar-refractivity contribution in [3.8, 4) is 0 Å². The summed E-state index contributed by atoms with van der Waals surface area (Å²) >= 11 is 0. The molecular formula is C16H25BO6. The lowest BCUT2D eigenvalue weighted by atomic mass is 9.75. The SMILES string of the molecule is CC1(C)OB(C2=CCCOC(=O)CCC(=O)OCC2)OC1(C)C. The van der Waals surface area contributed by atoms with Gasteiger partial charge >= 0.3 is 19.1 Å².